The van der Waals surface area contributed by atoms with Crippen molar-refractivity contribution in [3.05, 3.63) is 58.7 Å². The molecule has 1 aliphatic carbocycles. The molecule has 4 rings (SSSR count). The molecular weight excluding hydrogens is 360 g/mol. The molecule has 5 nitrogen and oxygen atoms in total. The highest BCUT2D eigenvalue weighted by Crippen LogP contribution is 2.29. The highest BCUT2D eigenvalue weighted by Gasteiger charge is 2.23. The van der Waals surface area contributed by atoms with Crippen molar-refractivity contribution < 1.29 is 13.2 Å². The molecule has 142 valence electrons. The lowest BCUT2D eigenvalue weighted by Crippen LogP contribution is -2.25. The van der Waals surface area contributed by atoms with E-state index in [0.717, 1.165) is 48.1 Å². The van der Waals surface area contributed by atoms with Crippen LogP contribution in [0.4, 0.5) is 5.69 Å². The normalized spacial score (nSPS) is 16.1. The van der Waals surface area contributed by atoms with Gasteiger partial charge in [-0.25, -0.2) is 13.1 Å². The van der Waals surface area contributed by atoms with E-state index in [2.05, 4.69) is 4.72 Å². The molecule has 0 radical (unpaired) electrons. The summed E-state index contributed by atoms with van der Waals surface area (Å²) in [6, 6.07) is 11.3. The molecule has 0 bridgehead atoms. The maximum absolute atomic E-state index is 12.7. The molecule has 0 unspecified atom stereocenters. The highest BCUT2D eigenvalue weighted by atomic mass is 32.2. The summed E-state index contributed by atoms with van der Waals surface area (Å²) in [5.74, 6) is 0.0367. The minimum Gasteiger partial charge on any atom is -0.312 e. The molecule has 1 aliphatic heterocycles. The molecule has 0 fully saturated rings. The Labute approximate surface area is 160 Å². The van der Waals surface area contributed by atoms with Gasteiger partial charge in [-0.05, 0) is 72.6 Å². The molecule has 6 heteroatoms. The molecule has 0 atom stereocenters. The fraction of sp³-hybridized carbons (Fsp3) is 0.381. The van der Waals surface area contributed by atoms with Crippen LogP contribution in [0.2, 0.25) is 0 Å². The Morgan fingerprint density at radius 2 is 1.78 bits per heavy atom. The summed E-state index contributed by atoms with van der Waals surface area (Å²) in [4.78, 5) is 13.7. The first kappa shape index (κ1) is 18.2. The Morgan fingerprint density at radius 3 is 2.56 bits per heavy atom. The summed E-state index contributed by atoms with van der Waals surface area (Å²) in [7, 11) is -3.54. The van der Waals surface area contributed by atoms with Gasteiger partial charge >= 0.3 is 0 Å². The molecule has 27 heavy (non-hydrogen) atoms. The van der Waals surface area contributed by atoms with Crippen LogP contribution in [-0.2, 0) is 40.6 Å². The van der Waals surface area contributed by atoms with E-state index < -0.39 is 10.0 Å². The zero-order valence-corrected chi connectivity index (χ0v) is 16.3. The van der Waals surface area contributed by atoms with E-state index in [1.54, 1.807) is 17.9 Å². The molecule has 0 spiro atoms. The van der Waals surface area contributed by atoms with Crippen LogP contribution >= 0.6 is 0 Å². The van der Waals surface area contributed by atoms with E-state index in [1.165, 1.54) is 12.0 Å². The van der Waals surface area contributed by atoms with Crippen molar-refractivity contribution in [1.82, 2.24) is 4.72 Å². The van der Waals surface area contributed by atoms with Gasteiger partial charge in [-0.3, -0.25) is 4.79 Å². The van der Waals surface area contributed by atoms with Crippen LogP contribution in [0.1, 0.15) is 42.0 Å². The summed E-state index contributed by atoms with van der Waals surface area (Å²) in [5.41, 5.74) is 5.36. The first-order valence-corrected chi connectivity index (χ1v) is 10.9. The van der Waals surface area contributed by atoms with Gasteiger partial charge in [0.15, 0.2) is 0 Å². The SMILES string of the molecule is CC(=O)N1CCc2cc(CNS(=O)(=O)c3ccc4c(c3)CCCC4)ccc21. The third-order valence-electron chi connectivity index (χ3n) is 5.52. The average Bonchev–Trinajstić information content (AvgIpc) is 3.09. The molecule has 1 amide bonds. The van der Waals surface area contributed by atoms with Crippen LogP contribution in [0.25, 0.3) is 0 Å². The lowest BCUT2D eigenvalue weighted by atomic mass is 9.92. The van der Waals surface area contributed by atoms with E-state index >= 15 is 0 Å². The van der Waals surface area contributed by atoms with Gasteiger partial charge in [0, 0.05) is 25.7 Å². The lowest BCUT2D eigenvalue weighted by molar-refractivity contribution is -0.116. The number of rotatable bonds is 4. The zero-order chi connectivity index (χ0) is 19.0. The number of hydrogen-bond donors (Lipinski definition) is 1. The second-order valence-electron chi connectivity index (χ2n) is 7.35. The summed E-state index contributed by atoms with van der Waals surface area (Å²) >= 11 is 0. The summed E-state index contributed by atoms with van der Waals surface area (Å²) in [6.45, 7) is 2.50. The van der Waals surface area contributed by atoms with Gasteiger partial charge in [-0.1, -0.05) is 18.2 Å². The number of carbonyl (C=O) groups is 1. The summed E-state index contributed by atoms with van der Waals surface area (Å²) in [6.07, 6.45) is 5.10. The minimum absolute atomic E-state index is 0.0367. The Kier molecular flexibility index (Phi) is 4.78. The lowest BCUT2D eigenvalue weighted by Gasteiger charge is -2.17. The van der Waals surface area contributed by atoms with Crippen molar-refractivity contribution in [2.75, 3.05) is 11.4 Å². The van der Waals surface area contributed by atoms with Crippen molar-refractivity contribution in [1.29, 1.82) is 0 Å². The number of nitrogens with one attached hydrogen (secondary N) is 1. The maximum Gasteiger partial charge on any atom is 0.240 e. The Balaban J connectivity index is 1.49. The molecule has 0 aromatic heterocycles. The summed E-state index contributed by atoms with van der Waals surface area (Å²) < 4.78 is 28.1. The predicted molar refractivity (Wildman–Crippen MR) is 105 cm³/mol. The van der Waals surface area contributed by atoms with Crippen LogP contribution in [0.5, 0.6) is 0 Å². The van der Waals surface area contributed by atoms with Crippen LogP contribution < -0.4 is 9.62 Å². The average molecular weight is 385 g/mol. The molecule has 0 saturated heterocycles. The molecule has 0 saturated carbocycles. The number of fused-ring (bicyclic) bond motifs is 2. The van der Waals surface area contributed by atoms with Gasteiger partial charge in [-0.15, -0.1) is 0 Å². The van der Waals surface area contributed by atoms with Crippen LogP contribution in [0.15, 0.2) is 41.3 Å². The van der Waals surface area contributed by atoms with Crippen molar-refractivity contribution in [3.63, 3.8) is 0 Å². The van der Waals surface area contributed by atoms with Crippen molar-refractivity contribution in [2.24, 2.45) is 0 Å². The number of sulfonamides is 1. The maximum atomic E-state index is 12.7. The van der Waals surface area contributed by atoms with Crippen LogP contribution in [-0.4, -0.2) is 20.9 Å². The van der Waals surface area contributed by atoms with Gasteiger partial charge < -0.3 is 4.90 Å². The fourth-order valence-corrected chi connectivity index (χ4v) is 5.10. The van der Waals surface area contributed by atoms with Gasteiger partial charge in [0.2, 0.25) is 15.9 Å². The topological polar surface area (TPSA) is 66.5 Å². The highest BCUT2D eigenvalue weighted by molar-refractivity contribution is 7.89. The van der Waals surface area contributed by atoms with E-state index in [0.29, 0.717) is 11.4 Å². The van der Waals surface area contributed by atoms with E-state index in [1.807, 2.05) is 30.3 Å². The van der Waals surface area contributed by atoms with Crippen LogP contribution in [0, 0.1) is 0 Å². The zero-order valence-electron chi connectivity index (χ0n) is 15.5. The van der Waals surface area contributed by atoms with E-state index in [4.69, 9.17) is 0 Å². The van der Waals surface area contributed by atoms with Crippen molar-refractivity contribution in [2.45, 2.75) is 50.5 Å². The Hall–Kier alpha value is -2.18. The quantitative estimate of drug-likeness (QED) is 0.881. The fourth-order valence-electron chi connectivity index (χ4n) is 4.03. The van der Waals surface area contributed by atoms with Gasteiger partial charge in [-0.2, -0.15) is 0 Å². The number of benzene rings is 2. The third-order valence-corrected chi connectivity index (χ3v) is 6.92. The first-order chi connectivity index (χ1) is 12.9. The van der Waals surface area contributed by atoms with Gasteiger partial charge in [0.25, 0.3) is 0 Å². The monoisotopic (exact) mass is 384 g/mol. The third kappa shape index (κ3) is 3.64. The van der Waals surface area contributed by atoms with E-state index in [-0.39, 0.29) is 12.5 Å². The molecule has 1 heterocycles. The van der Waals surface area contributed by atoms with Crippen molar-refractivity contribution >= 4 is 21.6 Å². The standard InChI is InChI=1S/C21H24N2O3S/c1-15(24)23-11-10-19-12-16(6-9-21(19)23)14-22-27(25,26)20-8-7-17-4-2-3-5-18(17)13-20/h6-9,12-13,22H,2-5,10-11,14H2,1H3. The summed E-state index contributed by atoms with van der Waals surface area (Å²) in [5, 5.41) is 0. The second kappa shape index (κ2) is 7.09. The molecule has 2 aromatic rings. The number of hydrogen-bond acceptors (Lipinski definition) is 3. The molecule has 2 aromatic carbocycles. The smallest absolute Gasteiger partial charge is 0.240 e. The number of anilines is 1. The number of amides is 1. The van der Waals surface area contributed by atoms with E-state index in [9.17, 15) is 13.2 Å². The molecule has 2 aliphatic rings. The second-order valence-corrected chi connectivity index (χ2v) is 9.11. The van der Waals surface area contributed by atoms with Crippen molar-refractivity contribution in [3.8, 4) is 0 Å². The Bertz CT molecular complexity index is 998. The van der Waals surface area contributed by atoms with Crippen LogP contribution in [0.3, 0.4) is 0 Å². The number of aryl methyl sites for hydroxylation is 2. The van der Waals surface area contributed by atoms with Gasteiger partial charge in [0.05, 0.1) is 4.90 Å². The predicted octanol–water partition coefficient (Wildman–Crippen LogP) is 2.95. The van der Waals surface area contributed by atoms with Gasteiger partial charge in [0.1, 0.15) is 0 Å². The Morgan fingerprint density at radius 1 is 1.00 bits per heavy atom. The number of carbonyl (C=O) groups excluding carboxylic acids is 1. The first-order valence-electron chi connectivity index (χ1n) is 9.45. The minimum atomic E-state index is -3.54. The molecule has 1 N–H and O–H groups in total. The molecular formula is C21H24N2O3S. The largest absolute Gasteiger partial charge is 0.312 e. The number of nitrogens with zero attached hydrogens (tertiary/aromatic N) is 1.